The SMILES string of the molecule is CC(C)OCCCNC(=O)c1cc(=O)n2c(nc3ccccc32)s1. The van der Waals surface area contributed by atoms with Gasteiger partial charge < -0.3 is 10.1 Å². The highest BCUT2D eigenvalue weighted by atomic mass is 32.1. The van der Waals surface area contributed by atoms with Crippen LogP contribution in [0, 0.1) is 0 Å². The largest absolute Gasteiger partial charge is 0.379 e. The monoisotopic (exact) mass is 345 g/mol. The van der Waals surface area contributed by atoms with Gasteiger partial charge in [0.15, 0.2) is 4.96 Å². The van der Waals surface area contributed by atoms with E-state index in [0.717, 1.165) is 17.5 Å². The van der Waals surface area contributed by atoms with Crippen LogP contribution in [0.3, 0.4) is 0 Å². The van der Waals surface area contributed by atoms with Crippen LogP contribution in [-0.4, -0.2) is 34.5 Å². The summed E-state index contributed by atoms with van der Waals surface area (Å²) in [6.07, 6.45) is 0.914. The van der Waals surface area contributed by atoms with Gasteiger partial charge in [-0.25, -0.2) is 4.98 Å². The number of carbonyl (C=O) groups is 1. The van der Waals surface area contributed by atoms with Gasteiger partial charge in [0.2, 0.25) is 0 Å². The molecule has 6 nitrogen and oxygen atoms in total. The highest BCUT2D eigenvalue weighted by Gasteiger charge is 2.13. The molecule has 0 fully saturated rings. The highest BCUT2D eigenvalue weighted by Crippen LogP contribution is 2.19. The fraction of sp³-hybridized carbons (Fsp3) is 0.353. The molecule has 3 rings (SSSR count). The lowest BCUT2D eigenvalue weighted by Gasteiger charge is -2.08. The Kier molecular flexibility index (Phi) is 4.92. The van der Waals surface area contributed by atoms with Gasteiger partial charge in [-0.15, -0.1) is 0 Å². The van der Waals surface area contributed by atoms with Crippen molar-refractivity contribution >= 4 is 33.2 Å². The first-order chi connectivity index (χ1) is 11.6. The number of ether oxygens (including phenoxy) is 1. The average molecular weight is 345 g/mol. The Morgan fingerprint density at radius 2 is 2.17 bits per heavy atom. The molecule has 0 bridgehead atoms. The van der Waals surface area contributed by atoms with Crippen LogP contribution < -0.4 is 10.9 Å². The van der Waals surface area contributed by atoms with E-state index in [1.807, 2.05) is 38.1 Å². The van der Waals surface area contributed by atoms with Crippen molar-refractivity contribution in [2.24, 2.45) is 0 Å². The van der Waals surface area contributed by atoms with Crippen molar-refractivity contribution in [1.82, 2.24) is 14.7 Å². The van der Waals surface area contributed by atoms with Gasteiger partial charge in [-0.1, -0.05) is 23.5 Å². The molecule has 0 saturated carbocycles. The molecule has 1 amide bonds. The summed E-state index contributed by atoms with van der Waals surface area (Å²) >= 11 is 1.21. The first-order valence-electron chi connectivity index (χ1n) is 7.87. The van der Waals surface area contributed by atoms with Crippen LogP contribution in [0.5, 0.6) is 0 Å². The molecular weight excluding hydrogens is 326 g/mol. The van der Waals surface area contributed by atoms with Gasteiger partial charge in [0, 0.05) is 19.2 Å². The zero-order valence-corrected chi connectivity index (χ0v) is 14.4. The number of hydrogen-bond acceptors (Lipinski definition) is 5. The number of carbonyl (C=O) groups excluding carboxylic acids is 1. The smallest absolute Gasteiger partial charge is 0.261 e. The lowest BCUT2D eigenvalue weighted by atomic mass is 10.3. The van der Waals surface area contributed by atoms with Crippen LogP contribution in [0.25, 0.3) is 16.0 Å². The van der Waals surface area contributed by atoms with E-state index in [2.05, 4.69) is 10.3 Å². The minimum Gasteiger partial charge on any atom is -0.379 e. The number of rotatable bonds is 6. The number of imidazole rings is 1. The van der Waals surface area contributed by atoms with Crippen molar-refractivity contribution in [3.05, 3.63) is 45.6 Å². The van der Waals surface area contributed by atoms with Crippen molar-refractivity contribution in [2.75, 3.05) is 13.2 Å². The van der Waals surface area contributed by atoms with Gasteiger partial charge in [-0.3, -0.25) is 14.0 Å². The van der Waals surface area contributed by atoms with E-state index < -0.39 is 0 Å². The van der Waals surface area contributed by atoms with Crippen molar-refractivity contribution in [3.63, 3.8) is 0 Å². The van der Waals surface area contributed by atoms with Gasteiger partial charge in [-0.05, 0) is 32.4 Å². The standard InChI is InChI=1S/C17H19N3O3S/c1-11(2)23-9-5-8-18-16(22)14-10-15(21)20-13-7-4-3-6-12(13)19-17(20)24-14/h3-4,6-7,10-11H,5,8-9H2,1-2H3,(H,18,22). The van der Waals surface area contributed by atoms with Crippen LogP contribution in [-0.2, 0) is 4.74 Å². The third kappa shape index (κ3) is 3.47. The second kappa shape index (κ2) is 7.11. The van der Waals surface area contributed by atoms with Crippen LogP contribution >= 0.6 is 11.3 Å². The van der Waals surface area contributed by atoms with E-state index in [1.165, 1.54) is 21.8 Å². The van der Waals surface area contributed by atoms with E-state index in [0.29, 0.717) is 23.0 Å². The van der Waals surface area contributed by atoms with Gasteiger partial charge >= 0.3 is 0 Å². The van der Waals surface area contributed by atoms with E-state index >= 15 is 0 Å². The summed E-state index contributed by atoms with van der Waals surface area (Å²) in [6.45, 7) is 5.05. The highest BCUT2D eigenvalue weighted by molar-refractivity contribution is 7.18. The summed E-state index contributed by atoms with van der Waals surface area (Å²) in [5.74, 6) is -0.254. The van der Waals surface area contributed by atoms with Crippen molar-refractivity contribution in [1.29, 1.82) is 0 Å². The molecule has 0 saturated heterocycles. The molecule has 0 aliphatic heterocycles. The maximum Gasteiger partial charge on any atom is 0.261 e. The van der Waals surface area contributed by atoms with Gasteiger partial charge in [0.25, 0.3) is 11.5 Å². The molecule has 2 heterocycles. The van der Waals surface area contributed by atoms with Crippen LogP contribution in [0.4, 0.5) is 0 Å². The molecule has 3 aromatic rings. The fourth-order valence-electron chi connectivity index (χ4n) is 2.38. The molecule has 0 spiro atoms. The van der Waals surface area contributed by atoms with Gasteiger partial charge in [0.05, 0.1) is 17.1 Å². The third-order valence-electron chi connectivity index (χ3n) is 3.49. The Bertz CT molecular complexity index is 930. The summed E-state index contributed by atoms with van der Waals surface area (Å²) in [5.41, 5.74) is 1.26. The van der Waals surface area contributed by atoms with Crippen molar-refractivity contribution in [3.8, 4) is 0 Å². The first-order valence-corrected chi connectivity index (χ1v) is 8.69. The Morgan fingerprint density at radius 1 is 1.38 bits per heavy atom. The maximum absolute atomic E-state index is 12.4. The molecule has 0 radical (unpaired) electrons. The second-order valence-electron chi connectivity index (χ2n) is 5.70. The van der Waals surface area contributed by atoms with Crippen molar-refractivity contribution < 1.29 is 9.53 Å². The van der Waals surface area contributed by atoms with Crippen molar-refractivity contribution in [2.45, 2.75) is 26.4 Å². The average Bonchev–Trinajstić information content (AvgIpc) is 2.92. The van der Waals surface area contributed by atoms with E-state index in [-0.39, 0.29) is 17.6 Å². The summed E-state index contributed by atoms with van der Waals surface area (Å²) in [4.78, 5) is 29.9. The van der Waals surface area contributed by atoms with E-state index in [4.69, 9.17) is 4.74 Å². The summed E-state index contributed by atoms with van der Waals surface area (Å²) in [6, 6.07) is 8.80. The van der Waals surface area contributed by atoms with Crippen LogP contribution in [0.15, 0.2) is 35.1 Å². The van der Waals surface area contributed by atoms with Crippen LogP contribution in [0.2, 0.25) is 0 Å². The molecule has 0 unspecified atom stereocenters. The second-order valence-corrected chi connectivity index (χ2v) is 6.71. The summed E-state index contributed by atoms with van der Waals surface area (Å²) < 4.78 is 6.96. The molecule has 0 aliphatic carbocycles. The first kappa shape index (κ1) is 16.6. The zero-order chi connectivity index (χ0) is 17.1. The van der Waals surface area contributed by atoms with Gasteiger partial charge in [0.1, 0.15) is 4.88 Å². The van der Waals surface area contributed by atoms with Gasteiger partial charge in [-0.2, -0.15) is 0 Å². The Morgan fingerprint density at radius 3 is 2.96 bits per heavy atom. The number of nitrogens with one attached hydrogen (secondary N) is 1. The normalized spacial score (nSPS) is 11.5. The molecule has 1 aromatic carbocycles. The lowest BCUT2D eigenvalue weighted by Crippen LogP contribution is -2.26. The summed E-state index contributed by atoms with van der Waals surface area (Å²) in [7, 11) is 0. The number of amides is 1. The molecule has 7 heteroatoms. The Labute approximate surface area is 143 Å². The number of fused-ring (bicyclic) bond motifs is 3. The molecular formula is C17H19N3O3S. The number of para-hydroxylation sites is 2. The molecule has 126 valence electrons. The van der Waals surface area contributed by atoms with E-state index in [1.54, 1.807) is 0 Å². The molecule has 2 aromatic heterocycles. The Hall–Kier alpha value is -2.25. The number of nitrogens with zero attached hydrogens (tertiary/aromatic N) is 2. The zero-order valence-electron chi connectivity index (χ0n) is 13.6. The molecule has 1 N–H and O–H groups in total. The quantitative estimate of drug-likeness (QED) is 0.697. The molecule has 0 atom stereocenters. The third-order valence-corrected chi connectivity index (χ3v) is 4.47. The minimum atomic E-state index is -0.254. The van der Waals surface area contributed by atoms with Crippen LogP contribution in [0.1, 0.15) is 29.9 Å². The lowest BCUT2D eigenvalue weighted by molar-refractivity contribution is 0.0757. The summed E-state index contributed by atoms with van der Waals surface area (Å²) in [5, 5.41) is 2.81. The maximum atomic E-state index is 12.4. The number of benzene rings is 1. The Balaban J connectivity index is 1.76. The van der Waals surface area contributed by atoms with E-state index in [9.17, 15) is 9.59 Å². The minimum absolute atomic E-state index is 0.183. The predicted octanol–water partition coefficient (Wildman–Crippen LogP) is 2.45. The number of aromatic nitrogens is 2. The molecule has 0 aliphatic rings. The molecule has 24 heavy (non-hydrogen) atoms. The predicted molar refractivity (Wildman–Crippen MR) is 94.9 cm³/mol. The fourth-order valence-corrected chi connectivity index (χ4v) is 3.33. The number of hydrogen-bond donors (Lipinski definition) is 1. The topological polar surface area (TPSA) is 72.7 Å².